The number of hydrazone groups is 1. The van der Waals surface area contributed by atoms with Crippen molar-refractivity contribution >= 4 is 39.4 Å². The van der Waals surface area contributed by atoms with Gasteiger partial charge in [-0.15, -0.1) is 0 Å². The molecule has 35 heavy (non-hydrogen) atoms. The van der Waals surface area contributed by atoms with Crippen LogP contribution in [0.2, 0.25) is 0 Å². The van der Waals surface area contributed by atoms with Crippen molar-refractivity contribution in [3.8, 4) is 0 Å². The molecular weight excluding hydrogens is 469 g/mol. The largest absolute Gasteiger partial charge is 0.381 e. The summed E-state index contributed by atoms with van der Waals surface area (Å²) in [5.74, 6) is 5.58. The quantitative estimate of drug-likeness (QED) is 0.340. The fourth-order valence-electron chi connectivity index (χ4n) is 4.50. The van der Waals surface area contributed by atoms with Gasteiger partial charge in [-0.1, -0.05) is 18.3 Å². The lowest BCUT2D eigenvalue weighted by Gasteiger charge is -2.30. The van der Waals surface area contributed by atoms with Gasteiger partial charge in [-0.2, -0.15) is 5.10 Å². The Kier molecular flexibility index (Phi) is 7.86. The smallest absolute Gasteiger partial charge is 0.250 e. The zero-order valence-electron chi connectivity index (χ0n) is 19.6. The number of carbonyl (C=O) groups is 1. The molecule has 1 amide bonds. The maximum absolute atomic E-state index is 14.6. The average Bonchev–Trinajstić information content (AvgIpc) is 2.85. The Hall–Kier alpha value is -3.18. The number of anilines is 1. The topological polar surface area (TPSA) is 126 Å². The van der Waals surface area contributed by atoms with E-state index in [0.29, 0.717) is 58.3 Å². The Labute approximate surface area is 207 Å². The first-order valence-electron chi connectivity index (χ1n) is 11.6. The Morgan fingerprint density at radius 1 is 1.37 bits per heavy atom. The van der Waals surface area contributed by atoms with Crippen molar-refractivity contribution in [3.05, 3.63) is 58.4 Å². The van der Waals surface area contributed by atoms with Crippen LogP contribution in [0.15, 0.2) is 52.2 Å². The molecule has 9 nitrogen and oxygen atoms in total. The van der Waals surface area contributed by atoms with Gasteiger partial charge in [0.05, 0.1) is 34.4 Å². The zero-order chi connectivity index (χ0) is 24.9. The number of hydrogen-bond acceptors (Lipinski definition) is 8. The number of nitrogens with two attached hydrogens (primary N) is 1. The number of rotatable bonds is 7. The van der Waals surface area contributed by atoms with E-state index in [1.807, 2.05) is 0 Å². The van der Waals surface area contributed by atoms with E-state index in [2.05, 4.69) is 32.6 Å². The first kappa shape index (κ1) is 24.9. The number of carbonyl (C=O) groups excluding carboxylic acids is 1. The second-order valence-electron chi connectivity index (χ2n) is 8.91. The molecule has 2 fully saturated rings. The van der Waals surface area contributed by atoms with Gasteiger partial charge in [0.25, 0.3) is 5.56 Å². The number of hydrogen-bond donors (Lipinski definition) is 4. The maximum Gasteiger partial charge on any atom is 0.250 e. The van der Waals surface area contributed by atoms with Crippen molar-refractivity contribution in [3.63, 3.8) is 0 Å². The molecule has 1 saturated carbocycles. The van der Waals surface area contributed by atoms with E-state index >= 15 is 0 Å². The lowest BCUT2D eigenvalue weighted by Crippen LogP contribution is -2.36. The van der Waals surface area contributed by atoms with Crippen LogP contribution in [0, 0.1) is 11.7 Å². The molecule has 0 unspecified atom stereocenters. The van der Waals surface area contributed by atoms with E-state index in [-0.39, 0.29) is 11.5 Å². The third kappa shape index (κ3) is 5.91. The summed E-state index contributed by atoms with van der Waals surface area (Å²) in [6.45, 7) is 5.30. The van der Waals surface area contributed by atoms with Gasteiger partial charge in [-0.25, -0.2) is 4.39 Å². The number of amides is 1. The highest BCUT2D eigenvalue weighted by Crippen LogP contribution is 2.28. The predicted molar refractivity (Wildman–Crippen MR) is 139 cm³/mol. The molecule has 0 radical (unpaired) electrons. The van der Waals surface area contributed by atoms with Crippen LogP contribution in [0.5, 0.6) is 0 Å². The van der Waals surface area contributed by atoms with Crippen LogP contribution in [0.1, 0.15) is 25.7 Å². The Morgan fingerprint density at radius 3 is 2.89 bits per heavy atom. The number of aryl methyl sites for hydroxylation is 1. The minimum absolute atomic E-state index is 0.0804. The van der Waals surface area contributed by atoms with Crippen molar-refractivity contribution in [1.29, 1.82) is 0 Å². The molecule has 0 spiro atoms. The van der Waals surface area contributed by atoms with Gasteiger partial charge in [-0.3, -0.25) is 14.6 Å². The van der Waals surface area contributed by atoms with E-state index in [1.165, 1.54) is 28.6 Å². The molecule has 1 aliphatic carbocycles. The number of fused-ring (bicyclic) bond motifs is 1. The van der Waals surface area contributed by atoms with Crippen LogP contribution in [-0.4, -0.2) is 45.4 Å². The molecule has 2 aromatic heterocycles. The van der Waals surface area contributed by atoms with Gasteiger partial charge in [0.15, 0.2) is 5.82 Å². The number of nitrogens with zero attached hydrogens (tertiary/aromatic N) is 3. The van der Waals surface area contributed by atoms with Crippen molar-refractivity contribution in [2.24, 2.45) is 23.9 Å². The van der Waals surface area contributed by atoms with Gasteiger partial charge in [0.1, 0.15) is 5.04 Å². The molecule has 5 N–H and O–H groups in total. The predicted octanol–water partition coefficient (Wildman–Crippen LogP) is 2.21. The first-order chi connectivity index (χ1) is 16.9. The highest BCUT2D eigenvalue weighted by atomic mass is 32.2. The van der Waals surface area contributed by atoms with E-state index < -0.39 is 5.82 Å². The zero-order valence-corrected chi connectivity index (χ0v) is 20.5. The van der Waals surface area contributed by atoms with E-state index in [9.17, 15) is 14.0 Å². The molecule has 1 saturated heterocycles. The minimum Gasteiger partial charge on any atom is -0.381 e. The number of halogens is 1. The van der Waals surface area contributed by atoms with Crippen LogP contribution in [0.25, 0.3) is 11.0 Å². The summed E-state index contributed by atoms with van der Waals surface area (Å²) >= 11 is 1.31. The van der Waals surface area contributed by atoms with Crippen LogP contribution in [0.3, 0.4) is 0 Å². The standard InChI is InChI=1S/C24H30FN7O2S/c1-14(9-19-24(31-26)35-13-20(33)30-19)10-27-16-5-3-15(4-6-16)11-29-22-17(25)12-28-18-7-8-21(34)32(2)23(18)22/h7-9,12,15-16,27H,1,3-6,10-11,13,26H2,2H3,(H,28,29)(H,30,33)/b19-9+,31-24+. The molecule has 0 atom stereocenters. The van der Waals surface area contributed by atoms with Gasteiger partial charge in [0, 0.05) is 32.2 Å². The number of aromatic nitrogens is 2. The normalized spacial score (nSPS) is 23.0. The Balaban J connectivity index is 1.28. The summed E-state index contributed by atoms with van der Waals surface area (Å²) in [5, 5.41) is 13.9. The maximum atomic E-state index is 14.6. The fourth-order valence-corrected chi connectivity index (χ4v) is 5.18. The van der Waals surface area contributed by atoms with Crippen molar-refractivity contribution in [2.75, 3.05) is 24.2 Å². The monoisotopic (exact) mass is 499 g/mol. The van der Waals surface area contributed by atoms with Gasteiger partial charge in [0.2, 0.25) is 5.91 Å². The summed E-state index contributed by atoms with van der Waals surface area (Å²) in [7, 11) is 1.63. The lowest BCUT2D eigenvalue weighted by molar-refractivity contribution is -0.117. The molecule has 2 aliphatic rings. The number of thioether (sulfide) groups is 1. The van der Waals surface area contributed by atoms with Gasteiger partial charge in [-0.05, 0) is 49.3 Å². The van der Waals surface area contributed by atoms with Gasteiger partial charge < -0.3 is 26.4 Å². The molecule has 0 bridgehead atoms. The van der Waals surface area contributed by atoms with Gasteiger partial charge >= 0.3 is 0 Å². The number of pyridine rings is 2. The highest BCUT2D eigenvalue weighted by molar-refractivity contribution is 8.15. The first-order valence-corrected chi connectivity index (χ1v) is 12.6. The van der Waals surface area contributed by atoms with Crippen LogP contribution < -0.4 is 27.4 Å². The molecule has 4 rings (SSSR count). The Bertz CT molecular complexity index is 1250. The molecule has 186 valence electrons. The SMILES string of the molecule is C=C(/C=C1/NC(=O)CS/C1=N/N)CNC1CCC(CNc2c(F)cnc3ccc(=O)n(C)c23)CC1. The summed E-state index contributed by atoms with van der Waals surface area (Å²) in [4.78, 5) is 27.8. The van der Waals surface area contributed by atoms with Crippen molar-refractivity contribution in [1.82, 2.24) is 20.2 Å². The van der Waals surface area contributed by atoms with Crippen molar-refractivity contribution in [2.45, 2.75) is 31.7 Å². The van der Waals surface area contributed by atoms with E-state index in [1.54, 1.807) is 19.2 Å². The lowest BCUT2D eigenvalue weighted by atomic mass is 9.86. The molecular formula is C24H30FN7O2S. The summed E-state index contributed by atoms with van der Waals surface area (Å²) in [6.07, 6.45) is 6.99. The summed E-state index contributed by atoms with van der Waals surface area (Å²) < 4.78 is 16.0. The van der Waals surface area contributed by atoms with Crippen molar-refractivity contribution < 1.29 is 9.18 Å². The molecule has 11 heteroatoms. The van der Waals surface area contributed by atoms with Crippen LogP contribution in [-0.2, 0) is 11.8 Å². The van der Waals surface area contributed by atoms with E-state index in [4.69, 9.17) is 5.84 Å². The van der Waals surface area contributed by atoms with Crippen LogP contribution in [0.4, 0.5) is 10.1 Å². The Morgan fingerprint density at radius 2 is 2.14 bits per heavy atom. The minimum atomic E-state index is -0.461. The van der Waals surface area contributed by atoms with E-state index in [0.717, 1.165) is 31.3 Å². The molecule has 1 aliphatic heterocycles. The second kappa shape index (κ2) is 11.0. The average molecular weight is 500 g/mol. The summed E-state index contributed by atoms with van der Waals surface area (Å²) in [5.41, 5.74) is 2.61. The second-order valence-corrected chi connectivity index (χ2v) is 9.88. The molecule has 3 heterocycles. The molecule has 0 aromatic carbocycles. The van der Waals surface area contributed by atoms with Crippen LogP contribution >= 0.6 is 11.8 Å². The summed E-state index contributed by atoms with van der Waals surface area (Å²) in [6, 6.07) is 3.41. The third-order valence-corrected chi connectivity index (χ3v) is 7.43. The molecule has 2 aromatic rings. The fraction of sp³-hybridized carbons (Fsp3) is 0.417. The third-order valence-electron chi connectivity index (χ3n) is 6.43. The highest BCUT2D eigenvalue weighted by Gasteiger charge is 2.23. The number of nitrogens with one attached hydrogen (secondary N) is 3.